The van der Waals surface area contributed by atoms with Gasteiger partial charge in [0.25, 0.3) is 0 Å². The predicted molar refractivity (Wildman–Crippen MR) is 122 cm³/mol. The first-order valence-electron chi connectivity index (χ1n) is 10.3. The zero-order chi connectivity index (χ0) is 18.8. The molecule has 1 aliphatic carbocycles. The first-order chi connectivity index (χ1) is 13.9. The van der Waals surface area contributed by atoms with Crippen LogP contribution in [-0.4, -0.2) is 6.15 Å². The average Bonchev–Trinajstić information content (AvgIpc) is 3.25. The van der Waals surface area contributed by atoms with Gasteiger partial charge in [0.05, 0.1) is 0 Å². The molecule has 136 valence electrons. The Hall–Kier alpha value is -3.06. The number of benzene rings is 4. The number of hydrogen-bond acceptors (Lipinski definition) is 0. The van der Waals surface area contributed by atoms with Gasteiger partial charge in [-0.3, -0.25) is 0 Å². The highest BCUT2D eigenvalue weighted by Crippen LogP contribution is 2.21. The highest BCUT2D eigenvalue weighted by Gasteiger charge is 2.32. The Kier molecular flexibility index (Phi) is 4.37. The minimum absolute atomic E-state index is 1.20. The maximum atomic E-state index is 2.50. The molecule has 1 heteroatoms. The Morgan fingerprint density at radius 2 is 0.893 bits per heavy atom. The summed E-state index contributed by atoms with van der Waals surface area (Å²) in [6.07, 6.45) is 2.47. The fraction of sp³-hybridized carbons (Fsp3) is 0.111. The molecule has 0 heterocycles. The van der Waals surface area contributed by atoms with Gasteiger partial charge in [0.15, 0.2) is 0 Å². The second kappa shape index (κ2) is 7.17. The Morgan fingerprint density at radius 1 is 0.429 bits per heavy atom. The van der Waals surface area contributed by atoms with Gasteiger partial charge in [-0.2, -0.15) is 21.9 Å². The summed E-state index contributed by atoms with van der Waals surface area (Å²) in [4.78, 5) is 0. The maximum absolute atomic E-state index is 2.50. The molecule has 0 bridgehead atoms. The summed E-state index contributed by atoms with van der Waals surface area (Å²) in [5.74, 6) is 0. The molecule has 28 heavy (non-hydrogen) atoms. The molecule has 0 atom stereocenters. The van der Waals surface area contributed by atoms with Gasteiger partial charge >= 0.3 is 0 Å². The Morgan fingerprint density at radius 3 is 1.39 bits per heavy atom. The van der Waals surface area contributed by atoms with Crippen molar-refractivity contribution in [1.82, 2.24) is 0 Å². The quantitative estimate of drug-likeness (QED) is 0.489. The molecule has 4 aromatic rings. The van der Waals surface area contributed by atoms with E-state index in [1.807, 2.05) is 0 Å². The SMILES string of the molecule is c1ccc([B-](c2ccccc2)(c2ccccc2)c2ccc3c(c2)CCC3)cc1. The van der Waals surface area contributed by atoms with Crippen molar-refractivity contribution in [2.24, 2.45) is 0 Å². The van der Waals surface area contributed by atoms with E-state index in [2.05, 4.69) is 109 Å². The monoisotopic (exact) mass is 359 g/mol. The lowest BCUT2D eigenvalue weighted by atomic mass is 9.13. The summed E-state index contributed by atoms with van der Waals surface area (Å²) in [7, 11) is 0. The molecule has 1 aliphatic rings. The highest BCUT2D eigenvalue weighted by atomic mass is 14.2. The summed E-state index contributed by atoms with van der Waals surface area (Å²) in [5, 5.41) is 0. The lowest BCUT2D eigenvalue weighted by Gasteiger charge is -2.44. The molecule has 0 nitrogen and oxygen atoms in total. The second-order valence-corrected chi connectivity index (χ2v) is 7.98. The minimum Gasteiger partial charge on any atom is -0.195 e. The van der Waals surface area contributed by atoms with Crippen LogP contribution in [0.2, 0.25) is 0 Å². The van der Waals surface area contributed by atoms with Crippen LogP contribution in [0.3, 0.4) is 0 Å². The van der Waals surface area contributed by atoms with Crippen molar-refractivity contribution in [3.8, 4) is 0 Å². The number of rotatable bonds is 4. The van der Waals surface area contributed by atoms with E-state index in [9.17, 15) is 0 Å². The third-order valence-electron chi connectivity index (χ3n) is 6.52. The molecule has 0 radical (unpaired) electrons. The highest BCUT2D eigenvalue weighted by molar-refractivity contribution is 7.19. The molecule has 0 aromatic heterocycles. The molecule has 0 unspecified atom stereocenters. The van der Waals surface area contributed by atoms with Crippen molar-refractivity contribution in [3.05, 3.63) is 120 Å². The van der Waals surface area contributed by atoms with Crippen LogP contribution >= 0.6 is 0 Å². The normalized spacial score (nSPS) is 13.3. The van der Waals surface area contributed by atoms with Gasteiger partial charge in [-0.1, -0.05) is 109 Å². The van der Waals surface area contributed by atoms with E-state index in [4.69, 9.17) is 0 Å². The van der Waals surface area contributed by atoms with Crippen LogP contribution in [-0.2, 0) is 12.8 Å². The van der Waals surface area contributed by atoms with Gasteiger partial charge in [0.1, 0.15) is 6.15 Å². The van der Waals surface area contributed by atoms with E-state index in [-0.39, 0.29) is 0 Å². The van der Waals surface area contributed by atoms with E-state index in [1.54, 1.807) is 0 Å². The van der Waals surface area contributed by atoms with Crippen molar-refractivity contribution in [3.63, 3.8) is 0 Å². The molecule has 4 aromatic carbocycles. The Bertz CT molecular complexity index is 972. The lowest BCUT2D eigenvalue weighted by molar-refractivity contribution is 0.912. The summed E-state index contributed by atoms with van der Waals surface area (Å²) in [6, 6.07) is 40.4. The fourth-order valence-corrected chi connectivity index (χ4v) is 5.24. The standard InChI is InChI=1S/C27H24B/c1-4-13-24(14-5-1)28(25-15-6-2-7-16-25,26-17-8-3-9-18-26)27-20-19-22-11-10-12-23(22)21-27/h1-9,13-21H,10-12H2/q-1. The van der Waals surface area contributed by atoms with Gasteiger partial charge in [-0.05, 0) is 30.4 Å². The number of aryl methyl sites for hydroxylation is 2. The summed E-state index contributed by atoms with van der Waals surface area (Å²) in [6.45, 7) is 0. The molecular weight excluding hydrogens is 335 g/mol. The molecular formula is C27H24B-. The molecule has 0 spiro atoms. The fourth-order valence-electron chi connectivity index (χ4n) is 5.24. The largest absolute Gasteiger partial charge is 0.195 e. The minimum atomic E-state index is -1.23. The van der Waals surface area contributed by atoms with E-state index >= 15 is 0 Å². The van der Waals surface area contributed by atoms with Crippen molar-refractivity contribution in [2.75, 3.05) is 0 Å². The van der Waals surface area contributed by atoms with Crippen LogP contribution in [0.5, 0.6) is 0 Å². The molecule has 5 rings (SSSR count). The van der Waals surface area contributed by atoms with Crippen LogP contribution in [0, 0.1) is 0 Å². The Labute approximate surface area is 167 Å². The first kappa shape index (κ1) is 17.1. The Balaban J connectivity index is 1.88. The molecule has 0 aliphatic heterocycles. The van der Waals surface area contributed by atoms with Crippen molar-refractivity contribution < 1.29 is 0 Å². The predicted octanol–water partition coefficient (Wildman–Crippen LogP) is 3.55. The third-order valence-corrected chi connectivity index (χ3v) is 6.52. The van der Waals surface area contributed by atoms with E-state index in [1.165, 1.54) is 52.2 Å². The van der Waals surface area contributed by atoms with E-state index < -0.39 is 6.15 Å². The molecule has 0 saturated carbocycles. The lowest BCUT2D eigenvalue weighted by Crippen LogP contribution is -2.74. The van der Waals surface area contributed by atoms with Crippen LogP contribution in [0.4, 0.5) is 0 Å². The maximum Gasteiger partial charge on any atom is 0.108 e. The smallest absolute Gasteiger partial charge is 0.108 e. The average molecular weight is 359 g/mol. The van der Waals surface area contributed by atoms with Crippen molar-refractivity contribution in [2.45, 2.75) is 19.3 Å². The third kappa shape index (κ3) is 2.70. The van der Waals surface area contributed by atoms with Gasteiger partial charge in [0, 0.05) is 0 Å². The van der Waals surface area contributed by atoms with Crippen LogP contribution in [0.25, 0.3) is 0 Å². The van der Waals surface area contributed by atoms with E-state index in [0.29, 0.717) is 0 Å². The van der Waals surface area contributed by atoms with Crippen LogP contribution < -0.4 is 21.9 Å². The number of hydrogen-bond donors (Lipinski definition) is 0. The molecule has 0 N–H and O–H groups in total. The van der Waals surface area contributed by atoms with Gasteiger partial charge in [0.2, 0.25) is 0 Å². The number of fused-ring (bicyclic) bond motifs is 1. The topological polar surface area (TPSA) is 0 Å². The first-order valence-corrected chi connectivity index (χ1v) is 10.3. The van der Waals surface area contributed by atoms with Gasteiger partial charge in [-0.25, -0.2) is 0 Å². The van der Waals surface area contributed by atoms with Crippen molar-refractivity contribution in [1.29, 1.82) is 0 Å². The summed E-state index contributed by atoms with van der Waals surface area (Å²) < 4.78 is 0. The molecule has 0 saturated heterocycles. The van der Waals surface area contributed by atoms with Crippen LogP contribution in [0.1, 0.15) is 17.5 Å². The molecule has 0 amide bonds. The second-order valence-electron chi connectivity index (χ2n) is 7.98. The van der Waals surface area contributed by atoms with Gasteiger partial charge in [-0.15, -0.1) is 0 Å². The van der Waals surface area contributed by atoms with Crippen molar-refractivity contribution >= 4 is 28.0 Å². The van der Waals surface area contributed by atoms with Crippen LogP contribution in [0.15, 0.2) is 109 Å². The molecule has 0 fully saturated rings. The van der Waals surface area contributed by atoms with Gasteiger partial charge < -0.3 is 0 Å². The summed E-state index contributed by atoms with van der Waals surface area (Å²) >= 11 is 0. The zero-order valence-corrected chi connectivity index (χ0v) is 16.1. The van der Waals surface area contributed by atoms with E-state index in [0.717, 1.165) is 0 Å². The zero-order valence-electron chi connectivity index (χ0n) is 16.1. The summed E-state index contributed by atoms with van der Waals surface area (Å²) in [5.41, 5.74) is 8.60.